The first kappa shape index (κ1) is 18.4. The molecule has 0 radical (unpaired) electrons. The van der Waals surface area contributed by atoms with Crippen molar-refractivity contribution in [1.29, 1.82) is 0 Å². The second-order valence-electron chi connectivity index (χ2n) is 5.35. The second kappa shape index (κ2) is 8.79. The Balaban J connectivity index is 2.09. The van der Waals surface area contributed by atoms with Gasteiger partial charge in [0.15, 0.2) is 0 Å². The van der Waals surface area contributed by atoms with Gasteiger partial charge in [-0.1, -0.05) is 12.1 Å². The van der Waals surface area contributed by atoms with Crippen LogP contribution in [0.25, 0.3) is 0 Å². The molecule has 0 bridgehead atoms. The molecule has 24 heavy (non-hydrogen) atoms. The predicted molar refractivity (Wildman–Crippen MR) is 84.2 cm³/mol. The molecule has 8 heteroatoms. The Morgan fingerprint density at radius 1 is 1.25 bits per heavy atom. The molecule has 0 aliphatic carbocycles. The number of H-pyrrole nitrogens is 1. The Hall–Kier alpha value is -1.93. The van der Waals surface area contributed by atoms with Gasteiger partial charge < -0.3 is 19.9 Å². The third-order valence-electron chi connectivity index (χ3n) is 3.76. The van der Waals surface area contributed by atoms with Crippen molar-refractivity contribution in [1.82, 2.24) is 15.1 Å². The second-order valence-corrected chi connectivity index (χ2v) is 5.35. The van der Waals surface area contributed by atoms with Crippen LogP contribution in [0.2, 0.25) is 0 Å². The zero-order valence-electron chi connectivity index (χ0n) is 13.6. The molecule has 1 aromatic heterocycles. The van der Waals surface area contributed by atoms with Gasteiger partial charge in [-0.3, -0.25) is 4.68 Å². The van der Waals surface area contributed by atoms with E-state index in [9.17, 15) is 13.2 Å². The topological polar surface area (TPSA) is 51.2 Å². The van der Waals surface area contributed by atoms with Crippen LogP contribution >= 0.6 is 0 Å². The lowest BCUT2D eigenvalue weighted by atomic mass is 10.0. The van der Waals surface area contributed by atoms with E-state index in [1.807, 2.05) is 13.2 Å². The largest absolute Gasteiger partial charge is 0.435 e. The Morgan fingerprint density at radius 2 is 1.92 bits per heavy atom. The van der Waals surface area contributed by atoms with E-state index >= 15 is 0 Å². The summed E-state index contributed by atoms with van der Waals surface area (Å²) in [7, 11) is 3.35. The lowest BCUT2D eigenvalue weighted by Gasteiger charge is -2.29. The van der Waals surface area contributed by atoms with Gasteiger partial charge in [-0.15, -0.1) is 0 Å². The minimum atomic E-state index is -2.88. The average molecular weight is 345 g/mol. The van der Waals surface area contributed by atoms with Crippen LogP contribution < -0.4 is 10.1 Å². The third kappa shape index (κ3) is 4.55. The minimum Gasteiger partial charge on any atom is -0.435 e. The number of hydrogen-bond donors (Lipinski definition) is 2. The fourth-order valence-corrected chi connectivity index (χ4v) is 2.54. The Kier molecular flexibility index (Phi) is 6.74. The van der Waals surface area contributed by atoms with Gasteiger partial charge in [0.25, 0.3) is 0 Å². The number of alkyl halides is 3. The first-order valence-corrected chi connectivity index (χ1v) is 7.62. The van der Waals surface area contributed by atoms with E-state index in [4.69, 9.17) is 4.74 Å². The number of benzene rings is 1. The van der Waals surface area contributed by atoms with Crippen molar-refractivity contribution in [2.24, 2.45) is 0 Å². The minimum absolute atomic E-state index is 0.0525. The third-order valence-corrected chi connectivity index (χ3v) is 3.76. The van der Waals surface area contributed by atoms with Crippen molar-refractivity contribution >= 4 is 0 Å². The van der Waals surface area contributed by atoms with Crippen molar-refractivity contribution < 1.29 is 22.6 Å². The van der Waals surface area contributed by atoms with E-state index < -0.39 is 25.4 Å². The number of hydrogen-bond acceptors (Lipinski definition) is 3. The van der Waals surface area contributed by atoms with Crippen molar-refractivity contribution in [3.05, 3.63) is 41.7 Å². The van der Waals surface area contributed by atoms with Crippen LogP contribution in [-0.2, 0) is 11.2 Å². The monoisotopic (exact) mass is 345 g/mol. The van der Waals surface area contributed by atoms with Gasteiger partial charge in [0.2, 0.25) is 0 Å². The maximum absolute atomic E-state index is 13.6. The fraction of sp³-hybridized carbons (Fsp3) is 0.500. The van der Waals surface area contributed by atoms with Crippen molar-refractivity contribution in [2.45, 2.75) is 25.2 Å². The highest BCUT2D eigenvalue weighted by Crippen LogP contribution is 2.31. The van der Waals surface area contributed by atoms with Gasteiger partial charge in [0.05, 0.1) is 5.69 Å². The smallest absolute Gasteiger partial charge is 0.387 e. The van der Waals surface area contributed by atoms with Crippen molar-refractivity contribution in [3.8, 4) is 5.75 Å². The number of aromatic nitrogens is 2. The summed E-state index contributed by atoms with van der Waals surface area (Å²) in [6.07, 6.45) is 2.12. The van der Waals surface area contributed by atoms with E-state index in [1.165, 1.54) is 19.2 Å². The summed E-state index contributed by atoms with van der Waals surface area (Å²) >= 11 is 0. The summed E-state index contributed by atoms with van der Waals surface area (Å²) in [5, 5.41) is 6.14. The van der Waals surface area contributed by atoms with Crippen molar-refractivity contribution in [3.63, 3.8) is 0 Å². The molecule has 0 fully saturated rings. The Bertz CT molecular complexity index is 586. The van der Waals surface area contributed by atoms with Gasteiger partial charge in [-0.05, 0) is 24.7 Å². The molecule has 0 saturated carbocycles. The van der Waals surface area contributed by atoms with E-state index in [0.717, 1.165) is 18.7 Å². The number of nitrogens with zero attached hydrogens (tertiary/aromatic N) is 1. The molecule has 0 unspecified atom stereocenters. The highest BCUT2D eigenvalue weighted by molar-refractivity contribution is 5.29. The summed E-state index contributed by atoms with van der Waals surface area (Å²) in [6, 6.07) is 5.47. The molecule has 2 rings (SSSR count). The Labute approximate surface area is 138 Å². The zero-order valence-corrected chi connectivity index (χ0v) is 13.6. The summed E-state index contributed by atoms with van der Waals surface area (Å²) < 4.78 is 49.4. The highest BCUT2D eigenvalue weighted by Gasteiger charge is 2.26. The molecule has 5 nitrogen and oxygen atoms in total. The molecule has 0 aliphatic rings. The summed E-state index contributed by atoms with van der Waals surface area (Å²) in [6.45, 7) is -2.68. The number of halogens is 3. The van der Waals surface area contributed by atoms with E-state index in [-0.39, 0.29) is 5.75 Å². The van der Waals surface area contributed by atoms with Crippen molar-refractivity contribution in [2.75, 3.05) is 27.4 Å². The van der Waals surface area contributed by atoms with Crippen LogP contribution in [-0.4, -0.2) is 43.8 Å². The van der Waals surface area contributed by atoms with Gasteiger partial charge in [-0.25, -0.2) is 4.39 Å². The number of ether oxygens (including phenoxy) is 2. The number of methoxy groups -OCH3 is 1. The quantitative estimate of drug-likeness (QED) is 0.696. The van der Waals surface area contributed by atoms with Gasteiger partial charge in [-0.2, -0.15) is 8.78 Å². The van der Waals surface area contributed by atoms with Crippen LogP contribution in [0.4, 0.5) is 13.2 Å². The SMILES string of the molecule is CNCCc1cn([C@H](CF)[C@H](OC)c2ccc(OC(F)F)cc2)[nH]1. The van der Waals surface area contributed by atoms with E-state index in [2.05, 4.69) is 15.2 Å². The van der Waals surface area contributed by atoms with Crippen LogP contribution in [0, 0.1) is 0 Å². The molecule has 2 N–H and O–H groups in total. The maximum atomic E-state index is 13.6. The highest BCUT2D eigenvalue weighted by atomic mass is 19.3. The molecule has 0 amide bonds. The van der Waals surface area contributed by atoms with Gasteiger partial charge in [0.1, 0.15) is 24.6 Å². The molecule has 0 saturated heterocycles. The van der Waals surface area contributed by atoms with Gasteiger partial charge >= 0.3 is 6.61 Å². The molecule has 2 aromatic rings. The first-order valence-electron chi connectivity index (χ1n) is 7.62. The summed E-state index contributed by atoms with van der Waals surface area (Å²) in [4.78, 5) is 0. The molecule has 1 aromatic carbocycles. The standard InChI is InChI=1S/C16H22F3N3O2/c1-20-8-7-12-10-22(21-12)14(9-17)15(23-2)11-3-5-13(6-4-11)24-16(18)19/h3-6,10,14-16,20-21H,7-9H2,1-2H3/t14-,15-/m1/s1. The molecule has 0 spiro atoms. The number of likely N-dealkylation sites (N-methyl/N-ethyl adjacent to an activating group) is 1. The number of rotatable bonds is 10. The van der Waals surface area contributed by atoms with Crippen LogP contribution in [0.3, 0.4) is 0 Å². The Morgan fingerprint density at radius 3 is 2.42 bits per heavy atom. The lowest BCUT2D eigenvalue weighted by Crippen LogP contribution is -2.28. The van der Waals surface area contributed by atoms with Gasteiger partial charge in [0, 0.05) is 26.3 Å². The lowest BCUT2D eigenvalue weighted by molar-refractivity contribution is -0.0498. The summed E-state index contributed by atoms with van der Waals surface area (Å²) in [5.41, 5.74) is 1.69. The molecule has 1 heterocycles. The first-order chi connectivity index (χ1) is 11.6. The van der Waals surface area contributed by atoms with Crippen LogP contribution in [0.1, 0.15) is 23.4 Å². The average Bonchev–Trinajstić information content (AvgIpc) is 2.53. The van der Waals surface area contributed by atoms with Crippen LogP contribution in [0.15, 0.2) is 30.5 Å². The van der Waals surface area contributed by atoms with E-state index in [0.29, 0.717) is 5.56 Å². The number of aromatic amines is 1. The molecular formula is C16H22F3N3O2. The maximum Gasteiger partial charge on any atom is 0.387 e. The van der Waals surface area contributed by atoms with E-state index in [1.54, 1.807) is 16.8 Å². The molecular weight excluding hydrogens is 323 g/mol. The zero-order chi connectivity index (χ0) is 17.5. The molecule has 134 valence electrons. The molecule has 0 aliphatic heterocycles. The normalized spacial score (nSPS) is 14.1. The number of nitrogens with one attached hydrogen (secondary N) is 2. The predicted octanol–water partition coefficient (Wildman–Crippen LogP) is 3.08. The summed E-state index contributed by atoms with van der Waals surface area (Å²) in [5.74, 6) is 0.0525. The van der Waals surface area contributed by atoms with Crippen LogP contribution in [0.5, 0.6) is 5.75 Å². The molecule has 2 atom stereocenters. The fourth-order valence-electron chi connectivity index (χ4n) is 2.54.